The quantitative estimate of drug-likeness (QED) is 0.138. The number of hydrogen-bond donors (Lipinski definition) is 0. The van der Waals surface area contributed by atoms with Crippen molar-refractivity contribution >= 4 is 11.4 Å². The number of nitrogens with zero attached hydrogens (tertiary/aromatic N) is 12. The zero-order valence-electron chi connectivity index (χ0n) is 38.4. The highest BCUT2D eigenvalue weighted by atomic mass is 19.1. The molecule has 14 nitrogen and oxygen atoms in total. The lowest BCUT2D eigenvalue weighted by Gasteiger charge is -2.39. The van der Waals surface area contributed by atoms with Crippen molar-refractivity contribution in [1.82, 2.24) is 49.9 Å². The molecule has 2 aromatic carbocycles. The summed E-state index contributed by atoms with van der Waals surface area (Å²) in [6, 6.07) is 11.4. The maximum atomic E-state index is 14.6. The number of hydrogen-bond acceptors (Lipinski definition) is 12. The van der Waals surface area contributed by atoms with Crippen LogP contribution in [0.3, 0.4) is 0 Å². The Labute approximate surface area is 392 Å². The molecule has 4 aliphatic heterocycles. The highest BCUT2D eigenvalue weighted by Crippen LogP contribution is 2.46. The van der Waals surface area contributed by atoms with Crippen molar-refractivity contribution in [3.05, 3.63) is 130 Å². The van der Waals surface area contributed by atoms with Gasteiger partial charge in [-0.3, -0.25) is 0 Å². The van der Waals surface area contributed by atoms with Crippen molar-refractivity contribution in [1.29, 1.82) is 0 Å². The van der Waals surface area contributed by atoms with Gasteiger partial charge in [0.15, 0.2) is 23.3 Å². The van der Waals surface area contributed by atoms with Crippen LogP contribution in [0.2, 0.25) is 0 Å². The number of anilines is 2. The van der Waals surface area contributed by atoms with Gasteiger partial charge >= 0.3 is 0 Å². The van der Waals surface area contributed by atoms with E-state index in [-0.39, 0.29) is 0 Å². The van der Waals surface area contributed by atoms with E-state index in [4.69, 9.17) is 29.6 Å². The van der Waals surface area contributed by atoms with E-state index < -0.39 is 35.5 Å². The smallest absolute Gasteiger partial charge is 0.161 e. The molecule has 0 spiro atoms. The van der Waals surface area contributed by atoms with Gasteiger partial charge in [-0.05, 0) is 112 Å². The second-order valence-electron chi connectivity index (χ2n) is 19.6. The van der Waals surface area contributed by atoms with Crippen molar-refractivity contribution in [3.63, 3.8) is 0 Å². The van der Waals surface area contributed by atoms with Crippen molar-refractivity contribution in [2.24, 2.45) is 35.5 Å². The number of fused-ring (bicyclic) bond motifs is 6. The van der Waals surface area contributed by atoms with E-state index in [1.54, 1.807) is 0 Å². The second-order valence-corrected chi connectivity index (χ2v) is 19.6. The molecule has 4 bridgehead atoms. The van der Waals surface area contributed by atoms with Gasteiger partial charge in [-0.25, -0.2) is 36.9 Å². The van der Waals surface area contributed by atoms with E-state index in [1.807, 2.05) is 35.6 Å². The molecule has 4 fully saturated rings. The zero-order chi connectivity index (χ0) is 46.5. The average molecular weight is 933 g/mol. The summed E-state index contributed by atoms with van der Waals surface area (Å²) in [5.41, 5.74) is 4.78. The van der Waals surface area contributed by atoms with Crippen molar-refractivity contribution in [2.75, 3.05) is 49.2 Å². The van der Waals surface area contributed by atoms with Crippen LogP contribution in [0.5, 0.6) is 0 Å². The summed E-state index contributed by atoms with van der Waals surface area (Å²) < 4.78 is 71.7. The van der Waals surface area contributed by atoms with Crippen LogP contribution in [-0.2, 0) is 35.4 Å². The molecule has 0 N–H and O–H groups in total. The molecule has 8 heterocycles. The Bertz CT molecular complexity index is 2560. The highest BCUT2D eigenvalue weighted by Gasteiger charge is 2.44. The van der Waals surface area contributed by atoms with Gasteiger partial charge < -0.3 is 19.3 Å². The Hall–Kier alpha value is -5.88. The van der Waals surface area contributed by atoms with Gasteiger partial charge in [-0.15, -0.1) is 0 Å². The number of benzene rings is 2. The Kier molecular flexibility index (Phi) is 12.4. The summed E-state index contributed by atoms with van der Waals surface area (Å²) in [5, 5.41) is 26.1. The number of halogens is 4. The summed E-state index contributed by atoms with van der Waals surface area (Å²) in [5.74, 6) is 3.76. The predicted molar refractivity (Wildman–Crippen MR) is 242 cm³/mol. The van der Waals surface area contributed by atoms with Crippen LogP contribution in [0.15, 0.2) is 60.9 Å². The predicted octanol–water partition coefficient (Wildman–Crippen LogP) is 7.74. The minimum absolute atomic E-state index is 0.304. The van der Waals surface area contributed by atoms with Crippen LogP contribution >= 0.6 is 0 Å². The fourth-order valence-corrected chi connectivity index (χ4v) is 12.0. The fourth-order valence-electron chi connectivity index (χ4n) is 12.0. The molecule has 0 amide bonds. The summed E-state index contributed by atoms with van der Waals surface area (Å²) in [7, 11) is 0. The number of aryl methyl sites for hydroxylation is 4. The first-order valence-corrected chi connectivity index (χ1v) is 24.2. The minimum Gasteiger partial charge on any atom is -0.370 e. The molecule has 12 rings (SSSR count). The SMILES string of the molecule is Cc1cc(N2C[C@H]3CC[C@@H](C2)C3Cc2nc3n(n2)CCCO[C@@H]3c2ccc(F)cc2F)cnn1.Cc1cc(N2C[C@H]3CC[C@@H](C2)C3Cc2nc3n(n2)CCCO[C@H]3c2ccc(F)cc2F)cnn1. The molecule has 2 aliphatic carbocycles. The van der Waals surface area contributed by atoms with E-state index in [0.717, 1.165) is 98.4 Å². The van der Waals surface area contributed by atoms with Crippen LogP contribution in [0, 0.1) is 72.6 Å². The van der Waals surface area contributed by atoms with Gasteiger partial charge in [0.05, 0.1) is 35.2 Å². The molecule has 0 radical (unpaired) electrons. The fraction of sp³-hybridized carbons (Fsp3) is 0.520. The van der Waals surface area contributed by atoms with E-state index in [9.17, 15) is 17.6 Å². The van der Waals surface area contributed by atoms with Crippen LogP contribution in [-0.4, -0.2) is 89.3 Å². The molecule has 2 unspecified atom stereocenters. The summed E-state index contributed by atoms with van der Waals surface area (Å²) >= 11 is 0. The van der Waals surface area contributed by atoms with E-state index in [1.165, 1.54) is 49.9 Å². The normalized spacial score (nSPS) is 26.4. The Morgan fingerprint density at radius 2 is 0.971 bits per heavy atom. The molecule has 4 aromatic heterocycles. The van der Waals surface area contributed by atoms with E-state index in [2.05, 4.69) is 42.3 Å². The summed E-state index contributed by atoms with van der Waals surface area (Å²) in [4.78, 5) is 14.6. The molecule has 2 saturated carbocycles. The largest absolute Gasteiger partial charge is 0.370 e. The lowest BCUT2D eigenvalue weighted by atomic mass is 9.82. The molecule has 8 atom stereocenters. The standard InChI is InChI=1S/2C25H28F2N6O/c2*1-15-9-19(12-28-30-15)32-13-16-3-4-17(14-32)21(16)11-23-29-25-24(34-8-2-7-33(25)31-23)20-6-5-18(26)10-22(20)27/h2*5-6,9-10,12,16-17,21,24H,2-4,7-8,11,13-14H2,1H3/t2*16-,17+,21?,24-/m10/s1. The highest BCUT2D eigenvalue weighted by molar-refractivity contribution is 5.46. The van der Waals surface area contributed by atoms with Gasteiger partial charge in [-0.2, -0.15) is 30.6 Å². The van der Waals surface area contributed by atoms with Crippen molar-refractivity contribution in [3.8, 4) is 0 Å². The van der Waals surface area contributed by atoms with Crippen molar-refractivity contribution in [2.45, 2.75) is 90.5 Å². The molecule has 6 aromatic rings. The molecule has 6 aliphatic rings. The van der Waals surface area contributed by atoms with Crippen LogP contribution in [0.4, 0.5) is 28.9 Å². The Balaban J connectivity index is 0.000000149. The lowest BCUT2D eigenvalue weighted by Crippen LogP contribution is -2.43. The molecular weight excluding hydrogens is 877 g/mol. The maximum Gasteiger partial charge on any atom is 0.161 e. The summed E-state index contributed by atoms with van der Waals surface area (Å²) in [6.45, 7) is 10.3. The maximum absolute atomic E-state index is 14.6. The Morgan fingerprint density at radius 1 is 0.559 bits per heavy atom. The van der Waals surface area contributed by atoms with Gasteiger partial charge in [-0.1, -0.05) is 12.1 Å². The lowest BCUT2D eigenvalue weighted by molar-refractivity contribution is 0.0784. The third kappa shape index (κ3) is 9.08. The van der Waals surface area contributed by atoms with E-state index in [0.29, 0.717) is 84.6 Å². The first kappa shape index (κ1) is 44.6. The molecular formula is C50H56F4N12O2. The molecule has 18 heteroatoms. The van der Waals surface area contributed by atoms with Crippen LogP contribution in [0.1, 0.15) is 96.5 Å². The van der Waals surface area contributed by atoms with Crippen LogP contribution in [0.25, 0.3) is 0 Å². The number of aromatic nitrogens is 10. The van der Waals surface area contributed by atoms with Gasteiger partial charge in [0, 0.05) is 88.6 Å². The monoisotopic (exact) mass is 932 g/mol. The van der Waals surface area contributed by atoms with Gasteiger partial charge in [0.25, 0.3) is 0 Å². The number of piperidine rings is 2. The summed E-state index contributed by atoms with van der Waals surface area (Å²) in [6.07, 6.45) is 10.4. The minimum atomic E-state index is -0.676. The zero-order valence-corrected chi connectivity index (χ0v) is 38.4. The average Bonchev–Trinajstić information content (AvgIpc) is 3.93. The third-order valence-electron chi connectivity index (χ3n) is 15.2. The van der Waals surface area contributed by atoms with Gasteiger partial charge in [0.1, 0.15) is 35.5 Å². The molecule has 2 saturated heterocycles. The van der Waals surface area contributed by atoms with E-state index >= 15 is 0 Å². The Morgan fingerprint density at radius 3 is 1.35 bits per heavy atom. The number of rotatable bonds is 8. The first-order chi connectivity index (χ1) is 33.1. The third-order valence-corrected chi connectivity index (χ3v) is 15.2. The topological polar surface area (TPSA) is 138 Å². The molecule has 356 valence electrons. The first-order valence-electron chi connectivity index (χ1n) is 24.2. The van der Waals surface area contributed by atoms with Gasteiger partial charge in [0.2, 0.25) is 0 Å². The number of ether oxygens (including phenoxy) is 2. The van der Waals surface area contributed by atoms with Crippen molar-refractivity contribution < 1.29 is 27.0 Å². The van der Waals surface area contributed by atoms with Crippen LogP contribution < -0.4 is 9.80 Å². The second kappa shape index (κ2) is 18.9. The molecule has 68 heavy (non-hydrogen) atoms.